The maximum Gasteiger partial charge on any atom is 0.124 e. The van der Waals surface area contributed by atoms with Gasteiger partial charge in [0.1, 0.15) is 23.0 Å². The third kappa shape index (κ3) is 7.52. The van der Waals surface area contributed by atoms with Crippen LogP contribution in [0.1, 0.15) is 113 Å². The molecule has 0 amide bonds. The molecule has 0 aromatic heterocycles. The molecule has 4 aliphatic rings. The Morgan fingerprint density at radius 2 is 1.19 bits per heavy atom. The highest BCUT2D eigenvalue weighted by Crippen LogP contribution is 2.65. The lowest BCUT2D eigenvalue weighted by Crippen LogP contribution is -2.62. The normalized spacial score (nSPS) is 37.0. The number of phenolic OH excluding ortho intramolecular Hbond substituents is 1. The number of aliphatic hydroxyl groups is 1. The largest absolute Gasteiger partial charge is 0.508 e. The molecule has 4 aliphatic carbocycles. The van der Waals surface area contributed by atoms with E-state index in [-0.39, 0.29) is 33.5 Å². The number of hydrogen-bond acceptors (Lipinski definition) is 8. The molecule has 0 aliphatic heterocycles. The first-order valence-corrected chi connectivity index (χ1v) is 20.8. The maximum atomic E-state index is 11.9. The molecule has 8 heteroatoms. The highest BCUT2D eigenvalue weighted by Gasteiger charge is 2.62. The van der Waals surface area contributed by atoms with Crippen LogP contribution in [0, 0.1) is 51.2 Å². The zero-order valence-corrected chi connectivity index (χ0v) is 35.4. The maximum absolute atomic E-state index is 11.9. The summed E-state index contributed by atoms with van der Waals surface area (Å²) in [6.07, 6.45) is 9.95. The van der Waals surface area contributed by atoms with Crippen molar-refractivity contribution in [1.82, 2.24) is 0 Å². The van der Waals surface area contributed by atoms with Gasteiger partial charge in [0.15, 0.2) is 0 Å². The summed E-state index contributed by atoms with van der Waals surface area (Å²) in [5.41, 5.74) is 1.21. The minimum atomic E-state index is -0.791. The fraction of sp³-hybridized carbons (Fsp3) is 0.739. The van der Waals surface area contributed by atoms with Gasteiger partial charge in [0.25, 0.3) is 0 Å². The third-order valence-electron chi connectivity index (χ3n) is 16.1. The van der Waals surface area contributed by atoms with Crippen LogP contribution < -0.4 is 24.8 Å². The van der Waals surface area contributed by atoms with Gasteiger partial charge in [-0.2, -0.15) is 0 Å². The second-order valence-electron chi connectivity index (χ2n) is 20.0. The Balaban J connectivity index is 1.22. The lowest BCUT2D eigenvalue weighted by Gasteiger charge is -2.64. The average Bonchev–Trinajstić information content (AvgIpc) is 3.09. The van der Waals surface area contributed by atoms with Gasteiger partial charge in [-0.3, -0.25) is 0 Å². The van der Waals surface area contributed by atoms with Crippen LogP contribution in [0.4, 0.5) is 11.4 Å². The molecular formula is C46H72N2O6. The van der Waals surface area contributed by atoms with E-state index in [9.17, 15) is 10.2 Å². The van der Waals surface area contributed by atoms with Crippen LogP contribution in [0.2, 0.25) is 0 Å². The summed E-state index contributed by atoms with van der Waals surface area (Å²) >= 11 is 0. The standard InChI is InChI=1S/C46H72N2O6/c1-41(2)16-12-17-43(5)37(41)15-20-46(8,40(43)28-48-32-23-35(52-10)26-36(24-32)53-11)54-29-30-13-18-44(6)38(42(30,3)4)14-19-45(7,50)39(44)27-47-31-21-33(49)25-34(22-31)51-9/h21-26,30,37-40,47-50H,12-20,27-29H2,1-11H3. The van der Waals surface area contributed by atoms with Gasteiger partial charge >= 0.3 is 0 Å². The number of nitrogens with one attached hydrogen (secondary N) is 2. The van der Waals surface area contributed by atoms with Crippen molar-refractivity contribution in [2.75, 3.05) is 51.7 Å². The van der Waals surface area contributed by atoms with Crippen molar-refractivity contribution in [3.63, 3.8) is 0 Å². The average molecular weight is 749 g/mol. The van der Waals surface area contributed by atoms with Crippen molar-refractivity contribution < 1.29 is 29.2 Å². The molecule has 54 heavy (non-hydrogen) atoms. The second-order valence-corrected chi connectivity index (χ2v) is 20.0. The molecular weight excluding hydrogens is 677 g/mol. The molecule has 8 nitrogen and oxygen atoms in total. The van der Waals surface area contributed by atoms with Crippen molar-refractivity contribution in [1.29, 1.82) is 0 Å². The van der Waals surface area contributed by atoms with E-state index in [4.69, 9.17) is 18.9 Å². The molecule has 2 aromatic rings. The molecule has 4 N–H and O–H groups in total. The number of methoxy groups -OCH3 is 3. The van der Waals surface area contributed by atoms with Crippen LogP contribution in [0.3, 0.4) is 0 Å². The molecule has 2 aromatic carbocycles. The van der Waals surface area contributed by atoms with Gasteiger partial charge < -0.3 is 39.8 Å². The number of aromatic hydroxyl groups is 1. The summed E-state index contributed by atoms with van der Waals surface area (Å²) < 4.78 is 24.1. The van der Waals surface area contributed by atoms with Crippen LogP contribution in [-0.4, -0.2) is 62.4 Å². The molecule has 0 radical (unpaired) electrons. The van der Waals surface area contributed by atoms with Crippen LogP contribution >= 0.6 is 0 Å². The van der Waals surface area contributed by atoms with E-state index in [1.165, 1.54) is 25.7 Å². The molecule has 0 spiro atoms. The Kier molecular flexibility index (Phi) is 11.3. The van der Waals surface area contributed by atoms with E-state index >= 15 is 0 Å². The highest BCUT2D eigenvalue weighted by atomic mass is 16.5. The summed E-state index contributed by atoms with van der Waals surface area (Å²) in [4.78, 5) is 0. The minimum Gasteiger partial charge on any atom is -0.508 e. The molecule has 4 fully saturated rings. The molecule has 0 heterocycles. The first kappa shape index (κ1) is 40.8. The summed E-state index contributed by atoms with van der Waals surface area (Å²) in [5.74, 6) is 4.24. The van der Waals surface area contributed by atoms with Crippen LogP contribution in [0.25, 0.3) is 0 Å². The summed E-state index contributed by atoms with van der Waals surface area (Å²) in [7, 11) is 5.02. The van der Waals surface area contributed by atoms with E-state index in [0.29, 0.717) is 41.4 Å². The van der Waals surface area contributed by atoms with Gasteiger partial charge in [-0.15, -0.1) is 0 Å². The Bertz CT molecular complexity index is 1600. The van der Waals surface area contributed by atoms with E-state index in [1.807, 2.05) is 19.1 Å². The first-order valence-electron chi connectivity index (χ1n) is 20.8. The Hall–Kier alpha value is -2.84. The number of hydrogen-bond donors (Lipinski definition) is 4. The molecule has 9 atom stereocenters. The Morgan fingerprint density at radius 3 is 1.81 bits per heavy atom. The van der Waals surface area contributed by atoms with E-state index in [2.05, 4.69) is 71.2 Å². The van der Waals surface area contributed by atoms with Crippen molar-refractivity contribution in [3.05, 3.63) is 36.4 Å². The van der Waals surface area contributed by atoms with Gasteiger partial charge in [0, 0.05) is 72.7 Å². The van der Waals surface area contributed by atoms with Gasteiger partial charge in [0.05, 0.1) is 39.1 Å². The number of phenols is 1. The van der Waals surface area contributed by atoms with Crippen molar-refractivity contribution in [3.8, 4) is 23.0 Å². The van der Waals surface area contributed by atoms with Crippen LogP contribution in [-0.2, 0) is 4.74 Å². The first-order chi connectivity index (χ1) is 25.3. The van der Waals surface area contributed by atoms with Gasteiger partial charge in [-0.25, -0.2) is 0 Å². The summed E-state index contributed by atoms with van der Waals surface area (Å²) in [5, 5.41) is 29.7. The van der Waals surface area contributed by atoms with Crippen molar-refractivity contribution >= 4 is 11.4 Å². The smallest absolute Gasteiger partial charge is 0.124 e. The predicted octanol–water partition coefficient (Wildman–Crippen LogP) is 10.2. The zero-order chi connectivity index (χ0) is 39.3. The fourth-order valence-corrected chi connectivity index (χ4v) is 13.0. The zero-order valence-electron chi connectivity index (χ0n) is 35.4. The second kappa shape index (κ2) is 14.9. The van der Waals surface area contributed by atoms with E-state index in [1.54, 1.807) is 33.5 Å². The van der Waals surface area contributed by atoms with E-state index in [0.717, 1.165) is 68.1 Å². The van der Waals surface area contributed by atoms with Crippen molar-refractivity contribution in [2.45, 2.75) is 124 Å². The Labute approximate surface area is 326 Å². The molecule has 302 valence electrons. The van der Waals surface area contributed by atoms with E-state index < -0.39 is 5.60 Å². The number of rotatable bonds is 12. The minimum absolute atomic E-state index is 0.0329. The van der Waals surface area contributed by atoms with Crippen molar-refractivity contribution in [2.24, 2.45) is 51.2 Å². The molecule has 4 saturated carbocycles. The lowest BCUT2D eigenvalue weighted by atomic mass is 9.43. The molecule has 0 bridgehead atoms. The topological polar surface area (TPSA) is 101 Å². The SMILES string of the molecule is COc1cc(O)cc(NCC2C(C)(O)CCC3C(C)(C)C(COC4(C)CCC5C(C)(C)CCCC5(C)C4CNc4cc(OC)cc(OC)c4)CCC23C)c1. The fourth-order valence-electron chi connectivity index (χ4n) is 13.0. The number of ether oxygens (including phenoxy) is 4. The summed E-state index contributed by atoms with van der Waals surface area (Å²) in [6.45, 7) is 21.6. The third-order valence-corrected chi connectivity index (χ3v) is 16.1. The lowest BCUT2D eigenvalue weighted by molar-refractivity contribution is -0.214. The van der Waals surface area contributed by atoms with Gasteiger partial charge in [-0.1, -0.05) is 48.0 Å². The number of fused-ring (bicyclic) bond motifs is 2. The Morgan fingerprint density at radius 1 is 0.630 bits per heavy atom. The molecule has 0 saturated heterocycles. The predicted molar refractivity (Wildman–Crippen MR) is 219 cm³/mol. The van der Waals surface area contributed by atoms with Crippen LogP contribution in [0.5, 0.6) is 23.0 Å². The van der Waals surface area contributed by atoms with Gasteiger partial charge in [0.2, 0.25) is 0 Å². The number of benzene rings is 2. The van der Waals surface area contributed by atoms with Gasteiger partial charge in [-0.05, 0) is 105 Å². The summed E-state index contributed by atoms with van der Waals surface area (Å²) in [6, 6.07) is 11.3. The quantitative estimate of drug-likeness (QED) is 0.170. The highest BCUT2D eigenvalue weighted by molar-refractivity contribution is 5.54. The molecule has 9 unspecified atom stereocenters. The molecule has 6 rings (SSSR count). The van der Waals surface area contributed by atoms with Crippen LogP contribution in [0.15, 0.2) is 36.4 Å². The monoisotopic (exact) mass is 749 g/mol. The number of anilines is 2.